The van der Waals surface area contributed by atoms with Crippen LogP contribution in [0.3, 0.4) is 0 Å². The molecule has 1 aromatic rings. The average molecular weight is 239 g/mol. The van der Waals surface area contributed by atoms with Crippen LogP contribution in [0.4, 0.5) is 0 Å². The van der Waals surface area contributed by atoms with Gasteiger partial charge in [0, 0.05) is 31.6 Å². The first-order chi connectivity index (χ1) is 7.79. The van der Waals surface area contributed by atoms with Crippen LogP contribution in [-0.4, -0.2) is 42.0 Å². The Balaban J connectivity index is 1.90. The van der Waals surface area contributed by atoms with Crippen LogP contribution in [0.15, 0.2) is 5.38 Å². The highest BCUT2D eigenvalue weighted by Gasteiger charge is 2.17. The molecule has 0 bridgehead atoms. The highest BCUT2D eigenvalue weighted by atomic mass is 32.1. The van der Waals surface area contributed by atoms with Crippen molar-refractivity contribution in [2.24, 2.45) is 0 Å². The van der Waals surface area contributed by atoms with E-state index in [1.54, 1.807) is 11.3 Å². The number of hydrogen-bond donors (Lipinski definition) is 1. The molecule has 0 saturated carbocycles. The van der Waals surface area contributed by atoms with Gasteiger partial charge in [-0.1, -0.05) is 6.92 Å². The lowest BCUT2D eigenvalue weighted by Crippen LogP contribution is -2.46. The molecule has 1 aromatic heterocycles. The molecule has 1 amide bonds. The molecule has 1 fully saturated rings. The number of aryl methyl sites for hydroxylation is 1. The number of nitrogens with one attached hydrogen (secondary N) is 1. The summed E-state index contributed by atoms with van der Waals surface area (Å²) in [5.41, 5.74) is 1.09. The summed E-state index contributed by atoms with van der Waals surface area (Å²) in [6, 6.07) is 0. The molecule has 0 unspecified atom stereocenters. The number of amides is 1. The number of carbonyl (C=O) groups is 1. The minimum Gasteiger partial charge on any atom is -0.340 e. The fourth-order valence-electron chi connectivity index (χ4n) is 1.75. The van der Waals surface area contributed by atoms with Crippen molar-refractivity contribution in [2.45, 2.75) is 19.8 Å². The van der Waals surface area contributed by atoms with Crippen molar-refractivity contribution in [1.82, 2.24) is 15.2 Å². The Kier molecular flexibility index (Phi) is 3.90. The molecule has 0 aliphatic carbocycles. The molecule has 0 spiro atoms. The Bertz CT molecular complexity index is 358. The largest absolute Gasteiger partial charge is 0.340 e. The number of hydrogen-bond acceptors (Lipinski definition) is 4. The number of nitrogens with zero attached hydrogens (tertiary/aromatic N) is 2. The summed E-state index contributed by atoms with van der Waals surface area (Å²) in [7, 11) is 0. The third-order valence-electron chi connectivity index (χ3n) is 2.73. The van der Waals surface area contributed by atoms with Crippen LogP contribution in [0.5, 0.6) is 0 Å². The lowest BCUT2D eigenvalue weighted by molar-refractivity contribution is -0.131. The minimum atomic E-state index is 0.207. The maximum absolute atomic E-state index is 11.9. The molecule has 0 radical (unpaired) electrons. The summed E-state index contributed by atoms with van der Waals surface area (Å²) in [4.78, 5) is 18.3. The molecule has 16 heavy (non-hydrogen) atoms. The average Bonchev–Trinajstić information content (AvgIpc) is 2.78. The van der Waals surface area contributed by atoms with Gasteiger partial charge < -0.3 is 10.2 Å². The molecule has 88 valence electrons. The SMILES string of the molecule is CCc1csc(CC(=O)N2CCNCC2)n1. The van der Waals surface area contributed by atoms with Crippen LogP contribution >= 0.6 is 11.3 Å². The van der Waals surface area contributed by atoms with Gasteiger partial charge in [-0.05, 0) is 6.42 Å². The number of thiazole rings is 1. The molecule has 1 aliphatic heterocycles. The Morgan fingerprint density at radius 2 is 2.31 bits per heavy atom. The van der Waals surface area contributed by atoms with E-state index in [2.05, 4.69) is 17.2 Å². The molecule has 0 aromatic carbocycles. The van der Waals surface area contributed by atoms with Gasteiger partial charge in [-0.2, -0.15) is 0 Å². The Morgan fingerprint density at radius 1 is 1.56 bits per heavy atom. The Labute approximate surface area is 99.7 Å². The predicted octanol–water partition coefficient (Wildman–Crippen LogP) is 0.680. The fraction of sp³-hybridized carbons (Fsp3) is 0.636. The van der Waals surface area contributed by atoms with Gasteiger partial charge in [0.05, 0.1) is 12.1 Å². The van der Waals surface area contributed by atoms with E-state index in [0.29, 0.717) is 6.42 Å². The van der Waals surface area contributed by atoms with Crippen LogP contribution in [0.1, 0.15) is 17.6 Å². The molecular formula is C11H17N3OS. The highest BCUT2D eigenvalue weighted by molar-refractivity contribution is 7.09. The van der Waals surface area contributed by atoms with Gasteiger partial charge >= 0.3 is 0 Å². The second-order valence-electron chi connectivity index (χ2n) is 3.89. The fourth-order valence-corrected chi connectivity index (χ4v) is 2.62. The van der Waals surface area contributed by atoms with Gasteiger partial charge in [0.2, 0.25) is 5.91 Å². The van der Waals surface area contributed by atoms with Gasteiger partial charge in [-0.25, -0.2) is 4.98 Å². The zero-order valence-electron chi connectivity index (χ0n) is 9.53. The van der Waals surface area contributed by atoms with Crippen LogP contribution in [-0.2, 0) is 17.6 Å². The third-order valence-corrected chi connectivity index (χ3v) is 3.63. The molecule has 2 rings (SSSR count). The maximum atomic E-state index is 11.9. The molecule has 1 aliphatic rings. The van der Waals surface area contributed by atoms with Gasteiger partial charge in [0.25, 0.3) is 0 Å². The summed E-state index contributed by atoms with van der Waals surface area (Å²) >= 11 is 1.59. The van der Waals surface area contributed by atoms with Crippen LogP contribution in [0.2, 0.25) is 0 Å². The molecule has 1 N–H and O–H groups in total. The second kappa shape index (κ2) is 5.41. The normalized spacial score (nSPS) is 16.4. The van der Waals surface area contributed by atoms with E-state index in [1.165, 1.54) is 0 Å². The number of aromatic nitrogens is 1. The zero-order chi connectivity index (χ0) is 11.4. The van der Waals surface area contributed by atoms with E-state index >= 15 is 0 Å². The summed E-state index contributed by atoms with van der Waals surface area (Å²) in [6.45, 7) is 5.54. The van der Waals surface area contributed by atoms with Crippen LogP contribution in [0, 0.1) is 0 Å². The first kappa shape index (κ1) is 11.5. The summed E-state index contributed by atoms with van der Waals surface area (Å²) in [5, 5.41) is 6.23. The summed E-state index contributed by atoms with van der Waals surface area (Å²) in [6.07, 6.45) is 1.41. The van der Waals surface area contributed by atoms with Gasteiger partial charge in [0.1, 0.15) is 5.01 Å². The Hall–Kier alpha value is -0.940. The van der Waals surface area contributed by atoms with Crippen molar-refractivity contribution in [3.63, 3.8) is 0 Å². The predicted molar refractivity (Wildman–Crippen MR) is 64.6 cm³/mol. The van der Waals surface area contributed by atoms with Gasteiger partial charge in [0.15, 0.2) is 0 Å². The lowest BCUT2D eigenvalue weighted by atomic mass is 10.3. The smallest absolute Gasteiger partial charge is 0.229 e. The highest BCUT2D eigenvalue weighted by Crippen LogP contribution is 2.12. The summed E-state index contributed by atoms with van der Waals surface area (Å²) < 4.78 is 0. The lowest BCUT2D eigenvalue weighted by Gasteiger charge is -2.27. The molecular weight excluding hydrogens is 222 g/mol. The zero-order valence-corrected chi connectivity index (χ0v) is 10.3. The van der Waals surface area contributed by atoms with Crippen LogP contribution < -0.4 is 5.32 Å². The maximum Gasteiger partial charge on any atom is 0.229 e. The molecule has 5 heteroatoms. The standard InChI is InChI=1S/C11H17N3OS/c1-2-9-8-16-10(13-9)7-11(15)14-5-3-12-4-6-14/h8,12H,2-7H2,1H3. The van der Waals surface area contributed by atoms with Crippen molar-refractivity contribution in [3.05, 3.63) is 16.1 Å². The van der Waals surface area contributed by atoms with E-state index in [-0.39, 0.29) is 5.91 Å². The quantitative estimate of drug-likeness (QED) is 0.843. The molecule has 1 saturated heterocycles. The Morgan fingerprint density at radius 3 is 2.94 bits per heavy atom. The van der Waals surface area contributed by atoms with E-state index < -0.39 is 0 Å². The summed E-state index contributed by atoms with van der Waals surface area (Å²) in [5.74, 6) is 0.207. The van der Waals surface area contributed by atoms with E-state index in [9.17, 15) is 4.79 Å². The molecule has 4 nitrogen and oxygen atoms in total. The second-order valence-corrected chi connectivity index (χ2v) is 4.84. The molecule has 2 heterocycles. The minimum absolute atomic E-state index is 0.207. The third kappa shape index (κ3) is 2.80. The van der Waals surface area contributed by atoms with Crippen molar-refractivity contribution in [2.75, 3.05) is 26.2 Å². The topological polar surface area (TPSA) is 45.2 Å². The van der Waals surface area contributed by atoms with Gasteiger partial charge in [-0.15, -0.1) is 11.3 Å². The molecule has 0 atom stereocenters. The monoisotopic (exact) mass is 239 g/mol. The number of carbonyl (C=O) groups excluding carboxylic acids is 1. The van der Waals surface area contributed by atoms with Crippen molar-refractivity contribution < 1.29 is 4.79 Å². The van der Waals surface area contributed by atoms with E-state index in [4.69, 9.17) is 0 Å². The first-order valence-corrected chi connectivity index (χ1v) is 6.59. The first-order valence-electron chi connectivity index (χ1n) is 5.71. The number of rotatable bonds is 3. The van der Waals surface area contributed by atoms with Crippen LogP contribution in [0.25, 0.3) is 0 Å². The van der Waals surface area contributed by atoms with Crippen molar-refractivity contribution in [1.29, 1.82) is 0 Å². The number of piperazine rings is 1. The van der Waals surface area contributed by atoms with E-state index in [0.717, 1.165) is 43.3 Å². The van der Waals surface area contributed by atoms with Crippen molar-refractivity contribution >= 4 is 17.2 Å². The van der Waals surface area contributed by atoms with Gasteiger partial charge in [-0.3, -0.25) is 4.79 Å². The van der Waals surface area contributed by atoms with E-state index in [1.807, 2.05) is 10.3 Å². The van der Waals surface area contributed by atoms with Crippen molar-refractivity contribution in [3.8, 4) is 0 Å².